The van der Waals surface area contributed by atoms with Crippen molar-refractivity contribution in [3.05, 3.63) is 11.6 Å². The third kappa shape index (κ3) is 3.83. The van der Waals surface area contributed by atoms with E-state index in [2.05, 4.69) is 40.7 Å². The van der Waals surface area contributed by atoms with E-state index in [1.165, 1.54) is 12.5 Å². The molecule has 0 radical (unpaired) electrons. The van der Waals surface area contributed by atoms with Crippen molar-refractivity contribution in [3.8, 4) is 0 Å². The Morgan fingerprint density at radius 3 is 2.37 bits per heavy atom. The van der Waals surface area contributed by atoms with Crippen molar-refractivity contribution in [2.45, 2.75) is 124 Å². The SMILES string of the molecule is CC(=O)O[C@@H]1C[C@H]2C(C)(C)C(=O)CC[C@]2(C)[C@H]2CC[C@]3(C)C(=CC[C@H]3[C@H]3COC(C)(C)[C@@H](O)[C@H](O)C3)[C@@]21C. The minimum Gasteiger partial charge on any atom is -0.462 e. The molecule has 10 atom stereocenters. The van der Waals surface area contributed by atoms with Gasteiger partial charge in [-0.15, -0.1) is 0 Å². The third-order valence-corrected chi connectivity index (χ3v) is 12.6. The Labute approximate surface area is 228 Å². The van der Waals surface area contributed by atoms with Gasteiger partial charge in [0.1, 0.15) is 18.0 Å². The molecular weight excluding hydrogens is 480 g/mol. The van der Waals surface area contributed by atoms with Crippen molar-refractivity contribution in [1.82, 2.24) is 0 Å². The summed E-state index contributed by atoms with van der Waals surface area (Å²) in [6, 6.07) is 0. The number of aliphatic hydroxyl groups is 2. The van der Waals surface area contributed by atoms with Crippen LogP contribution in [0.15, 0.2) is 11.6 Å². The average Bonchev–Trinajstić information content (AvgIpc) is 3.13. The topological polar surface area (TPSA) is 93.1 Å². The molecule has 6 heteroatoms. The Morgan fingerprint density at radius 2 is 1.71 bits per heavy atom. The number of hydrogen-bond donors (Lipinski definition) is 2. The zero-order chi connectivity index (χ0) is 28.1. The van der Waals surface area contributed by atoms with Gasteiger partial charge in [0.2, 0.25) is 0 Å². The molecular formula is C32H50O6. The van der Waals surface area contributed by atoms with Gasteiger partial charge >= 0.3 is 5.97 Å². The zero-order valence-electron chi connectivity index (χ0n) is 24.8. The van der Waals surface area contributed by atoms with E-state index in [1.807, 2.05) is 13.8 Å². The lowest BCUT2D eigenvalue weighted by molar-refractivity contribution is -0.205. The fourth-order valence-electron chi connectivity index (χ4n) is 10.5. The maximum absolute atomic E-state index is 13.1. The zero-order valence-corrected chi connectivity index (χ0v) is 24.8. The summed E-state index contributed by atoms with van der Waals surface area (Å²) in [5.41, 5.74) is -0.213. The van der Waals surface area contributed by atoms with E-state index in [0.717, 1.165) is 25.7 Å². The minimum absolute atomic E-state index is 0.00117. The average molecular weight is 531 g/mol. The summed E-state index contributed by atoms with van der Waals surface area (Å²) >= 11 is 0. The second-order valence-corrected chi connectivity index (χ2v) is 15.2. The van der Waals surface area contributed by atoms with Crippen molar-refractivity contribution in [1.29, 1.82) is 0 Å². The fraction of sp³-hybridized carbons (Fsp3) is 0.875. The van der Waals surface area contributed by atoms with Crippen molar-refractivity contribution in [2.75, 3.05) is 6.61 Å². The van der Waals surface area contributed by atoms with Crippen LogP contribution >= 0.6 is 0 Å². The van der Waals surface area contributed by atoms with Crippen LogP contribution in [0.4, 0.5) is 0 Å². The van der Waals surface area contributed by atoms with Gasteiger partial charge in [-0.25, -0.2) is 0 Å². The number of ketones is 1. The number of hydrogen-bond acceptors (Lipinski definition) is 6. The van der Waals surface area contributed by atoms with Gasteiger partial charge < -0.3 is 19.7 Å². The van der Waals surface area contributed by atoms with E-state index < -0.39 is 23.2 Å². The van der Waals surface area contributed by atoms with Gasteiger partial charge in [0.25, 0.3) is 0 Å². The molecule has 38 heavy (non-hydrogen) atoms. The summed E-state index contributed by atoms with van der Waals surface area (Å²) in [5, 5.41) is 21.6. The molecule has 0 aromatic carbocycles. The summed E-state index contributed by atoms with van der Waals surface area (Å²) in [5.74, 6) is 1.00. The highest BCUT2D eigenvalue weighted by Gasteiger charge is 2.69. The van der Waals surface area contributed by atoms with Gasteiger partial charge in [-0.05, 0) is 86.9 Å². The predicted octanol–water partition coefficient (Wildman–Crippen LogP) is 5.24. The number of carbonyl (C=O) groups excluding carboxylic acids is 2. The summed E-state index contributed by atoms with van der Waals surface area (Å²) in [7, 11) is 0. The van der Waals surface area contributed by atoms with Crippen LogP contribution in [-0.2, 0) is 19.1 Å². The normalized spacial score (nSPS) is 49.7. The number of carbonyl (C=O) groups is 2. The van der Waals surface area contributed by atoms with Gasteiger partial charge in [-0.1, -0.05) is 46.3 Å². The number of fused-ring (bicyclic) bond motifs is 5. The monoisotopic (exact) mass is 530 g/mol. The Kier molecular flexibility index (Phi) is 6.61. The Bertz CT molecular complexity index is 1030. The molecule has 0 unspecified atom stereocenters. The van der Waals surface area contributed by atoms with Crippen LogP contribution in [0.1, 0.15) is 100 Å². The van der Waals surface area contributed by atoms with E-state index in [9.17, 15) is 19.8 Å². The van der Waals surface area contributed by atoms with Crippen molar-refractivity contribution >= 4 is 11.8 Å². The number of esters is 1. The number of allylic oxidation sites excluding steroid dienone is 1. The number of aliphatic hydroxyl groups excluding tert-OH is 2. The van der Waals surface area contributed by atoms with Gasteiger partial charge in [-0.2, -0.15) is 0 Å². The molecule has 3 saturated carbocycles. The first-order chi connectivity index (χ1) is 17.5. The van der Waals surface area contributed by atoms with Crippen LogP contribution in [0.5, 0.6) is 0 Å². The van der Waals surface area contributed by atoms with Crippen LogP contribution < -0.4 is 0 Å². The molecule has 5 aliphatic rings. The first-order valence-electron chi connectivity index (χ1n) is 14.9. The smallest absolute Gasteiger partial charge is 0.302 e. The second kappa shape index (κ2) is 8.88. The maximum atomic E-state index is 13.1. The van der Waals surface area contributed by atoms with E-state index in [0.29, 0.717) is 43.5 Å². The first-order valence-corrected chi connectivity index (χ1v) is 14.9. The molecule has 0 spiro atoms. The van der Waals surface area contributed by atoms with E-state index in [4.69, 9.17) is 9.47 Å². The maximum Gasteiger partial charge on any atom is 0.302 e. The minimum atomic E-state index is -0.914. The highest BCUT2D eigenvalue weighted by molar-refractivity contribution is 5.85. The van der Waals surface area contributed by atoms with Gasteiger partial charge in [-0.3, -0.25) is 9.59 Å². The molecule has 1 heterocycles. The van der Waals surface area contributed by atoms with Gasteiger partial charge in [0.05, 0.1) is 18.3 Å². The lowest BCUT2D eigenvalue weighted by atomic mass is 9.37. The molecule has 0 amide bonds. The Hall–Kier alpha value is -1.24. The quantitative estimate of drug-likeness (QED) is 0.375. The third-order valence-electron chi connectivity index (χ3n) is 12.6. The Morgan fingerprint density at radius 1 is 1.03 bits per heavy atom. The highest BCUT2D eigenvalue weighted by Crippen LogP contribution is 2.73. The molecule has 214 valence electrons. The fourth-order valence-corrected chi connectivity index (χ4v) is 10.5. The summed E-state index contributed by atoms with van der Waals surface area (Å²) in [4.78, 5) is 25.6. The Balaban J connectivity index is 1.53. The summed E-state index contributed by atoms with van der Waals surface area (Å²) in [6.45, 7) is 17.1. The van der Waals surface area contributed by atoms with Crippen LogP contribution in [0.2, 0.25) is 0 Å². The molecule has 4 fully saturated rings. The number of rotatable bonds is 2. The number of ether oxygens (including phenoxy) is 2. The molecule has 2 N–H and O–H groups in total. The van der Waals surface area contributed by atoms with Crippen LogP contribution in [0, 0.1) is 45.3 Å². The van der Waals surface area contributed by atoms with E-state index in [1.54, 1.807) is 0 Å². The van der Waals surface area contributed by atoms with Gasteiger partial charge in [0, 0.05) is 24.2 Å². The van der Waals surface area contributed by atoms with Crippen LogP contribution in [-0.4, -0.2) is 52.5 Å². The molecule has 6 nitrogen and oxygen atoms in total. The largest absolute Gasteiger partial charge is 0.462 e. The summed E-state index contributed by atoms with van der Waals surface area (Å²) in [6.07, 6.45) is 6.15. The molecule has 5 rings (SSSR count). The van der Waals surface area contributed by atoms with E-state index >= 15 is 0 Å². The van der Waals surface area contributed by atoms with E-state index in [-0.39, 0.29) is 40.2 Å². The predicted molar refractivity (Wildman–Crippen MR) is 145 cm³/mol. The molecule has 0 aromatic rings. The van der Waals surface area contributed by atoms with Crippen molar-refractivity contribution < 1.29 is 29.3 Å². The van der Waals surface area contributed by atoms with Crippen molar-refractivity contribution in [2.24, 2.45) is 45.3 Å². The molecule has 0 aromatic heterocycles. The van der Waals surface area contributed by atoms with Crippen molar-refractivity contribution in [3.63, 3.8) is 0 Å². The second-order valence-electron chi connectivity index (χ2n) is 15.2. The number of Topliss-reactive ketones (excluding diaryl/α,β-unsaturated/α-hetero) is 1. The van der Waals surface area contributed by atoms with Crippen LogP contribution in [0.25, 0.3) is 0 Å². The van der Waals surface area contributed by atoms with Gasteiger partial charge in [0.15, 0.2) is 0 Å². The van der Waals surface area contributed by atoms with Crippen LogP contribution in [0.3, 0.4) is 0 Å². The molecule has 4 aliphatic carbocycles. The molecule has 1 saturated heterocycles. The standard InChI is InChI=1S/C32H50O6/c1-18(33)38-26-16-24-28(2,3)25(35)12-14-31(24,7)23-11-13-30(6)20(9-10-22(30)32(23,26)8)19-15-21(34)27(36)29(4,5)37-17-19/h10,19-21,23-24,26-27,34,36H,9,11-17H2,1-8H3/t19-,20+,21-,23-,24+,26-,27+,30+,31-,32+/m1/s1. The lowest BCUT2D eigenvalue weighted by Crippen LogP contribution is -2.65. The lowest BCUT2D eigenvalue weighted by Gasteiger charge is -2.67. The highest BCUT2D eigenvalue weighted by atomic mass is 16.5. The molecule has 1 aliphatic heterocycles. The molecule has 0 bridgehead atoms. The summed E-state index contributed by atoms with van der Waals surface area (Å²) < 4.78 is 12.4. The first kappa shape index (κ1) is 28.3.